The Kier molecular flexibility index (Phi) is 49.6. The summed E-state index contributed by atoms with van der Waals surface area (Å²) in [5, 5.41) is 0. The average molecular weight is 906 g/mol. The predicted molar refractivity (Wildman–Crippen MR) is 275 cm³/mol. The maximum Gasteiger partial charge on any atom is 0.306 e. The van der Waals surface area contributed by atoms with Gasteiger partial charge in [-0.25, -0.2) is 0 Å². The number of carbonyl (C=O) groups is 3. The maximum atomic E-state index is 12.8. The maximum absolute atomic E-state index is 12.8. The summed E-state index contributed by atoms with van der Waals surface area (Å²) in [6.07, 6.45) is 53.7. The van der Waals surface area contributed by atoms with Crippen LogP contribution in [0.4, 0.5) is 0 Å². The molecule has 0 aromatic carbocycles. The summed E-state index contributed by atoms with van der Waals surface area (Å²) in [6, 6.07) is 0. The Bertz CT molecular complexity index is 980. The zero-order chi connectivity index (χ0) is 46.8. The molecule has 6 heteroatoms. The normalized spacial score (nSPS) is 12.5. The second-order valence-electron chi connectivity index (χ2n) is 20.6. The minimum atomic E-state index is -0.762. The molecule has 0 aliphatic carbocycles. The number of hydrogen-bond acceptors (Lipinski definition) is 6. The van der Waals surface area contributed by atoms with Crippen molar-refractivity contribution < 1.29 is 28.6 Å². The van der Waals surface area contributed by atoms with Crippen LogP contribution in [0.3, 0.4) is 0 Å². The van der Waals surface area contributed by atoms with E-state index in [1.54, 1.807) is 0 Å². The van der Waals surface area contributed by atoms with Gasteiger partial charge in [0.2, 0.25) is 0 Å². The molecule has 0 amide bonds. The van der Waals surface area contributed by atoms with Crippen LogP contribution in [0, 0.1) is 11.8 Å². The van der Waals surface area contributed by atoms with E-state index in [1.165, 1.54) is 212 Å². The lowest BCUT2D eigenvalue weighted by Gasteiger charge is -2.18. The molecule has 6 nitrogen and oxygen atoms in total. The Hall–Kier alpha value is -1.59. The third-order valence-corrected chi connectivity index (χ3v) is 13.6. The smallest absolute Gasteiger partial charge is 0.306 e. The molecule has 0 heterocycles. The fraction of sp³-hybridized carbons (Fsp3) is 0.948. The van der Waals surface area contributed by atoms with Crippen molar-refractivity contribution in [1.82, 2.24) is 0 Å². The zero-order valence-electron chi connectivity index (χ0n) is 43.9. The Morgan fingerprint density at radius 1 is 0.328 bits per heavy atom. The molecule has 0 spiro atoms. The Balaban J connectivity index is 4.24. The largest absolute Gasteiger partial charge is 0.462 e. The van der Waals surface area contributed by atoms with Crippen LogP contribution in [-0.4, -0.2) is 37.2 Å². The zero-order valence-corrected chi connectivity index (χ0v) is 43.9. The molecule has 1 unspecified atom stereocenters. The van der Waals surface area contributed by atoms with Gasteiger partial charge in [-0.05, 0) is 31.1 Å². The summed E-state index contributed by atoms with van der Waals surface area (Å²) in [7, 11) is 0. The molecule has 0 saturated carbocycles. The van der Waals surface area contributed by atoms with Crippen LogP contribution < -0.4 is 0 Å². The average Bonchev–Trinajstić information content (AvgIpc) is 3.28. The van der Waals surface area contributed by atoms with Gasteiger partial charge in [0, 0.05) is 19.3 Å². The van der Waals surface area contributed by atoms with Gasteiger partial charge in [0.15, 0.2) is 6.10 Å². The van der Waals surface area contributed by atoms with Crippen molar-refractivity contribution in [2.75, 3.05) is 13.2 Å². The van der Waals surface area contributed by atoms with Gasteiger partial charge in [0.05, 0.1) is 0 Å². The van der Waals surface area contributed by atoms with Crippen molar-refractivity contribution in [3.8, 4) is 0 Å². The molecule has 0 saturated heterocycles. The molecular weight excluding hydrogens is 793 g/mol. The lowest BCUT2D eigenvalue weighted by molar-refractivity contribution is -0.167. The van der Waals surface area contributed by atoms with Crippen molar-refractivity contribution in [1.29, 1.82) is 0 Å². The third-order valence-electron chi connectivity index (χ3n) is 13.6. The number of hydrogen-bond donors (Lipinski definition) is 0. The van der Waals surface area contributed by atoms with E-state index in [-0.39, 0.29) is 31.1 Å². The van der Waals surface area contributed by atoms with E-state index in [4.69, 9.17) is 14.2 Å². The quantitative estimate of drug-likeness (QED) is 0.0344. The highest BCUT2D eigenvalue weighted by atomic mass is 16.6. The second kappa shape index (κ2) is 50.8. The number of unbranched alkanes of at least 4 members (excludes halogenated alkanes) is 36. The molecule has 0 aliphatic heterocycles. The minimum absolute atomic E-state index is 0.0627. The van der Waals surface area contributed by atoms with Gasteiger partial charge in [0.1, 0.15) is 13.2 Å². The van der Waals surface area contributed by atoms with Crippen LogP contribution in [0.2, 0.25) is 0 Å². The number of ether oxygens (including phenoxy) is 3. The van der Waals surface area contributed by atoms with Crippen LogP contribution in [0.25, 0.3) is 0 Å². The fourth-order valence-corrected chi connectivity index (χ4v) is 8.84. The molecule has 0 aromatic heterocycles. The monoisotopic (exact) mass is 905 g/mol. The molecule has 0 aliphatic rings. The van der Waals surface area contributed by atoms with Gasteiger partial charge < -0.3 is 14.2 Å². The molecule has 2 atom stereocenters. The van der Waals surface area contributed by atoms with E-state index in [0.717, 1.165) is 69.6 Å². The standard InChI is InChI=1S/C58H112O6/c1-6-8-9-10-11-12-28-33-38-43-48-56(59)62-51-55(64-58(61)50-45-40-35-30-25-21-17-16-19-23-27-32-37-42-47-54(5)7-2)52-63-57(60)49-44-39-34-29-24-20-15-13-14-18-22-26-31-36-41-46-53(3)4/h53-55H,6-52H2,1-5H3/t54?,55-/m1/s1. The topological polar surface area (TPSA) is 78.9 Å². The highest BCUT2D eigenvalue weighted by molar-refractivity contribution is 5.71. The predicted octanol–water partition coefficient (Wildman–Crippen LogP) is 18.9. The van der Waals surface area contributed by atoms with E-state index in [9.17, 15) is 14.4 Å². The highest BCUT2D eigenvalue weighted by Gasteiger charge is 2.19. The van der Waals surface area contributed by atoms with Crippen molar-refractivity contribution in [2.24, 2.45) is 11.8 Å². The molecule has 0 N–H and O–H groups in total. The number of rotatable bonds is 52. The molecule has 64 heavy (non-hydrogen) atoms. The lowest BCUT2D eigenvalue weighted by atomic mass is 9.99. The van der Waals surface area contributed by atoms with Crippen LogP contribution in [-0.2, 0) is 28.6 Å². The molecule has 0 radical (unpaired) electrons. The highest BCUT2D eigenvalue weighted by Crippen LogP contribution is 2.19. The van der Waals surface area contributed by atoms with Crippen LogP contribution in [0.5, 0.6) is 0 Å². The van der Waals surface area contributed by atoms with Gasteiger partial charge in [0.25, 0.3) is 0 Å². The molecule has 0 bridgehead atoms. The first-order valence-corrected chi connectivity index (χ1v) is 28.8. The van der Waals surface area contributed by atoms with E-state index in [2.05, 4.69) is 34.6 Å². The first-order valence-electron chi connectivity index (χ1n) is 28.8. The summed E-state index contributed by atoms with van der Waals surface area (Å²) in [6.45, 7) is 11.4. The van der Waals surface area contributed by atoms with E-state index >= 15 is 0 Å². The molecule has 0 aromatic rings. The summed E-state index contributed by atoms with van der Waals surface area (Å²) >= 11 is 0. The molecule has 0 rings (SSSR count). The summed E-state index contributed by atoms with van der Waals surface area (Å²) < 4.78 is 16.9. The first-order chi connectivity index (χ1) is 31.3. The SMILES string of the molecule is CCCCCCCCCCCCC(=O)OC[C@H](COC(=O)CCCCCCCCCCCCCCCCCC(C)C)OC(=O)CCCCCCCCCCCCCCCCC(C)CC. The summed E-state index contributed by atoms with van der Waals surface area (Å²) in [5.41, 5.74) is 0. The molecular formula is C58H112O6. The van der Waals surface area contributed by atoms with Crippen LogP contribution in [0.15, 0.2) is 0 Å². The fourth-order valence-electron chi connectivity index (χ4n) is 8.84. The van der Waals surface area contributed by atoms with Gasteiger partial charge in [-0.1, -0.05) is 285 Å². The van der Waals surface area contributed by atoms with Crippen LogP contribution >= 0.6 is 0 Å². The van der Waals surface area contributed by atoms with Crippen molar-refractivity contribution >= 4 is 17.9 Å². The second-order valence-corrected chi connectivity index (χ2v) is 20.6. The van der Waals surface area contributed by atoms with Crippen LogP contribution in [0.1, 0.15) is 324 Å². The number of esters is 3. The minimum Gasteiger partial charge on any atom is -0.462 e. The Labute approximate surface area is 399 Å². The van der Waals surface area contributed by atoms with Crippen molar-refractivity contribution in [3.63, 3.8) is 0 Å². The van der Waals surface area contributed by atoms with E-state index in [0.29, 0.717) is 19.3 Å². The lowest BCUT2D eigenvalue weighted by Crippen LogP contribution is -2.30. The van der Waals surface area contributed by atoms with Gasteiger partial charge in [-0.3, -0.25) is 14.4 Å². The Morgan fingerprint density at radius 3 is 0.891 bits per heavy atom. The van der Waals surface area contributed by atoms with E-state index in [1.807, 2.05) is 0 Å². The first kappa shape index (κ1) is 62.4. The van der Waals surface area contributed by atoms with Crippen molar-refractivity contribution in [2.45, 2.75) is 330 Å². The van der Waals surface area contributed by atoms with Crippen molar-refractivity contribution in [3.05, 3.63) is 0 Å². The summed E-state index contributed by atoms with van der Waals surface area (Å²) in [5.74, 6) is 0.903. The van der Waals surface area contributed by atoms with E-state index < -0.39 is 6.10 Å². The Morgan fingerprint density at radius 2 is 0.594 bits per heavy atom. The van der Waals surface area contributed by atoms with Gasteiger partial charge in [-0.2, -0.15) is 0 Å². The van der Waals surface area contributed by atoms with Gasteiger partial charge in [-0.15, -0.1) is 0 Å². The molecule has 380 valence electrons. The third kappa shape index (κ3) is 49.8. The van der Waals surface area contributed by atoms with Gasteiger partial charge >= 0.3 is 17.9 Å². The summed E-state index contributed by atoms with van der Waals surface area (Å²) in [4.78, 5) is 38.1. The molecule has 0 fully saturated rings. The number of carbonyl (C=O) groups excluding carboxylic acids is 3.